The van der Waals surface area contributed by atoms with Gasteiger partial charge in [-0.05, 0) is 45.9 Å². The van der Waals surface area contributed by atoms with Crippen LogP contribution in [0, 0.1) is 13.8 Å². The average molecular weight is 385 g/mol. The molecule has 7 heteroatoms. The lowest BCUT2D eigenvalue weighted by atomic mass is 10.2. The number of amides is 1. The van der Waals surface area contributed by atoms with E-state index in [0.717, 1.165) is 16.5 Å². The van der Waals surface area contributed by atoms with E-state index in [4.69, 9.17) is 9.47 Å². The molecule has 0 unspecified atom stereocenters. The van der Waals surface area contributed by atoms with E-state index in [2.05, 4.69) is 10.3 Å². The van der Waals surface area contributed by atoms with Crippen molar-refractivity contribution in [2.75, 3.05) is 18.5 Å². The molecule has 0 aliphatic carbocycles. The Morgan fingerprint density at radius 1 is 1.19 bits per heavy atom. The fraction of sp³-hybridized carbons (Fsp3) is 0.300. The molecule has 1 amide bonds. The highest BCUT2D eigenvalue weighted by molar-refractivity contribution is 7.12. The van der Waals surface area contributed by atoms with Gasteiger partial charge in [0.15, 0.2) is 5.13 Å². The van der Waals surface area contributed by atoms with Gasteiger partial charge >= 0.3 is 0 Å². The molecule has 0 atom stereocenters. The van der Waals surface area contributed by atoms with Crippen molar-refractivity contribution in [3.05, 3.63) is 52.8 Å². The average Bonchev–Trinajstić information content (AvgIpc) is 3.25. The van der Waals surface area contributed by atoms with Crippen LogP contribution in [0.15, 0.2) is 35.8 Å². The Hall–Kier alpha value is -2.80. The molecular weight excluding hydrogens is 362 g/mol. The van der Waals surface area contributed by atoms with Gasteiger partial charge in [-0.1, -0.05) is 0 Å². The van der Waals surface area contributed by atoms with E-state index in [1.165, 1.54) is 11.3 Å². The third kappa shape index (κ3) is 3.98. The minimum atomic E-state index is -0.194. The monoisotopic (exact) mass is 385 g/mol. The van der Waals surface area contributed by atoms with Gasteiger partial charge in [0.1, 0.15) is 11.5 Å². The van der Waals surface area contributed by atoms with Crippen LogP contribution in [-0.4, -0.2) is 28.7 Å². The summed E-state index contributed by atoms with van der Waals surface area (Å²) in [7, 11) is 0. The summed E-state index contributed by atoms with van der Waals surface area (Å²) in [5, 5.41) is 5.73. The zero-order valence-corrected chi connectivity index (χ0v) is 16.7. The van der Waals surface area contributed by atoms with Crippen molar-refractivity contribution >= 4 is 22.9 Å². The molecule has 0 saturated carbocycles. The van der Waals surface area contributed by atoms with Crippen molar-refractivity contribution in [1.29, 1.82) is 0 Å². The van der Waals surface area contributed by atoms with Gasteiger partial charge in [0, 0.05) is 29.0 Å². The van der Waals surface area contributed by atoms with E-state index in [1.54, 1.807) is 12.3 Å². The first-order valence-electron chi connectivity index (χ1n) is 8.85. The number of anilines is 1. The summed E-state index contributed by atoms with van der Waals surface area (Å²) in [6.07, 6.45) is 1.76. The Morgan fingerprint density at radius 3 is 2.63 bits per heavy atom. The fourth-order valence-corrected chi connectivity index (χ4v) is 3.70. The van der Waals surface area contributed by atoms with E-state index in [-0.39, 0.29) is 5.91 Å². The lowest BCUT2D eigenvalue weighted by Crippen LogP contribution is -2.14. The Balaban J connectivity index is 1.92. The molecule has 3 rings (SSSR count). The molecule has 1 N–H and O–H groups in total. The van der Waals surface area contributed by atoms with Crippen LogP contribution in [0.3, 0.4) is 0 Å². The summed E-state index contributed by atoms with van der Waals surface area (Å²) in [5.41, 5.74) is 3.00. The maximum absolute atomic E-state index is 13.0. The first-order valence-corrected chi connectivity index (χ1v) is 9.72. The van der Waals surface area contributed by atoms with Crippen molar-refractivity contribution in [3.63, 3.8) is 0 Å². The third-order valence-corrected chi connectivity index (χ3v) is 4.85. The van der Waals surface area contributed by atoms with Gasteiger partial charge < -0.3 is 14.8 Å². The van der Waals surface area contributed by atoms with E-state index >= 15 is 0 Å². The zero-order chi connectivity index (χ0) is 19.4. The van der Waals surface area contributed by atoms with E-state index in [9.17, 15) is 4.79 Å². The molecule has 142 valence electrons. The van der Waals surface area contributed by atoms with E-state index in [1.807, 2.05) is 55.8 Å². The highest BCUT2D eigenvalue weighted by atomic mass is 32.1. The number of ether oxygens (including phenoxy) is 2. The SMILES string of the molecule is CCOc1ccc(OCC)c(NC(=O)c2cc(C)n(-c3nccs3)c2C)c1. The number of nitrogens with one attached hydrogen (secondary N) is 1. The number of hydrogen-bond acceptors (Lipinski definition) is 5. The molecule has 2 aromatic heterocycles. The summed E-state index contributed by atoms with van der Waals surface area (Å²) < 4.78 is 13.2. The second-order valence-corrected chi connectivity index (χ2v) is 6.79. The summed E-state index contributed by atoms with van der Waals surface area (Å²) in [5.74, 6) is 1.10. The number of aryl methyl sites for hydroxylation is 1. The number of thiazole rings is 1. The van der Waals surface area contributed by atoms with Gasteiger partial charge in [-0.2, -0.15) is 0 Å². The molecule has 1 aromatic carbocycles. The van der Waals surface area contributed by atoms with Crippen molar-refractivity contribution in [3.8, 4) is 16.6 Å². The minimum absolute atomic E-state index is 0.194. The van der Waals surface area contributed by atoms with Crippen LogP contribution < -0.4 is 14.8 Å². The Morgan fingerprint density at radius 2 is 1.96 bits per heavy atom. The lowest BCUT2D eigenvalue weighted by molar-refractivity contribution is 0.102. The summed E-state index contributed by atoms with van der Waals surface area (Å²) in [6, 6.07) is 7.30. The molecule has 0 radical (unpaired) electrons. The molecule has 0 fully saturated rings. The predicted molar refractivity (Wildman–Crippen MR) is 108 cm³/mol. The smallest absolute Gasteiger partial charge is 0.257 e. The van der Waals surface area contributed by atoms with Crippen molar-refractivity contribution < 1.29 is 14.3 Å². The minimum Gasteiger partial charge on any atom is -0.494 e. The Kier molecular flexibility index (Phi) is 5.81. The molecule has 0 spiro atoms. The molecule has 0 bridgehead atoms. The van der Waals surface area contributed by atoms with Crippen LogP contribution in [0.4, 0.5) is 5.69 Å². The second kappa shape index (κ2) is 8.26. The van der Waals surface area contributed by atoms with Crippen LogP contribution in [0.2, 0.25) is 0 Å². The van der Waals surface area contributed by atoms with Crippen molar-refractivity contribution in [2.45, 2.75) is 27.7 Å². The van der Waals surface area contributed by atoms with Crippen LogP contribution in [-0.2, 0) is 0 Å². The second-order valence-electron chi connectivity index (χ2n) is 5.91. The maximum Gasteiger partial charge on any atom is 0.257 e. The predicted octanol–water partition coefficient (Wildman–Crippen LogP) is 4.60. The highest BCUT2D eigenvalue weighted by Crippen LogP contribution is 2.31. The molecule has 0 aliphatic rings. The molecule has 3 aromatic rings. The van der Waals surface area contributed by atoms with Gasteiger partial charge in [0.2, 0.25) is 0 Å². The molecule has 2 heterocycles. The van der Waals surface area contributed by atoms with Crippen LogP contribution in [0.1, 0.15) is 35.6 Å². The topological polar surface area (TPSA) is 65.4 Å². The van der Waals surface area contributed by atoms with E-state index in [0.29, 0.717) is 36.0 Å². The molecular formula is C20H23N3O3S. The summed E-state index contributed by atoms with van der Waals surface area (Å²) in [4.78, 5) is 17.3. The first-order chi connectivity index (χ1) is 13.0. The number of carbonyl (C=O) groups is 1. The molecule has 0 saturated heterocycles. The van der Waals surface area contributed by atoms with Crippen LogP contribution in [0.5, 0.6) is 11.5 Å². The summed E-state index contributed by atoms with van der Waals surface area (Å²) in [6.45, 7) is 8.77. The molecule has 6 nitrogen and oxygen atoms in total. The van der Waals surface area contributed by atoms with Crippen molar-refractivity contribution in [2.24, 2.45) is 0 Å². The van der Waals surface area contributed by atoms with Crippen molar-refractivity contribution in [1.82, 2.24) is 9.55 Å². The van der Waals surface area contributed by atoms with Crippen LogP contribution >= 0.6 is 11.3 Å². The first kappa shape index (κ1) is 19.0. The normalized spacial score (nSPS) is 10.7. The van der Waals surface area contributed by atoms with Gasteiger partial charge in [-0.3, -0.25) is 9.36 Å². The Labute approximate surface area is 162 Å². The highest BCUT2D eigenvalue weighted by Gasteiger charge is 2.19. The zero-order valence-electron chi connectivity index (χ0n) is 15.9. The quantitative estimate of drug-likeness (QED) is 0.645. The van der Waals surface area contributed by atoms with Gasteiger partial charge in [-0.15, -0.1) is 11.3 Å². The number of rotatable bonds is 7. The Bertz CT molecular complexity index is 932. The van der Waals surface area contributed by atoms with E-state index < -0.39 is 0 Å². The van der Waals surface area contributed by atoms with Gasteiger partial charge in [0.25, 0.3) is 5.91 Å². The standard InChI is InChI=1S/C20H23N3O3S/c1-5-25-15-7-8-18(26-6-2)17(12-15)22-19(24)16-11-13(3)23(14(16)4)20-21-9-10-27-20/h7-12H,5-6H2,1-4H3,(H,22,24). The maximum atomic E-state index is 13.0. The number of aromatic nitrogens is 2. The molecule has 0 aliphatic heterocycles. The fourth-order valence-electron chi connectivity index (χ4n) is 2.95. The van der Waals surface area contributed by atoms with Gasteiger partial charge in [0.05, 0.1) is 24.5 Å². The summed E-state index contributed by atoms with van der Waals surface area (Å²) >= 11 is 1.53. The lowest BCUT2D eigenvalue weighted by Gasteiger charge is -2.13. The number of carbonyl (C=O) groups excluding carboxylic acids is 1. The number of hydrogen-bond donors (Lipinski definition) is 1. The largest absolute Gasteiger partial charge is 0.494 e. The van der Waals surface area contributed by atoms with Gasteiger partial charge in [-0.25, -0.2) is 4.98 Å². The number of benzene rings is 1. The van der Waals surface area contributed by atoms with Crippen LogP contribution in [0.25, 0.3) is 5.13 Å². The third-order valence-electron chi connectivity index (χ3n) is 4.10. The molecule has 27 heavy (non-hydrogen) atoms. The number of nitrogens with zero attached hydrogens (tertiary/aromatic N) is 2.